The zero-order valence-electron chi connectivity index (χ0n) is 19.7. The molecule has 0 saturated carbocycles. The molecule has 0 aliphatic heterocycles. The standard InChI is InChI=1S/C23H33F3N4O5/c1-2-3-12-28-21(33)18(14-19(31)35-15-16-9-5-4-6-10-16)30-20(32)17(27)11-7-8-13-29-22(34)23(24,25)26/h4-6,9-10,17-18H,2-3,7-8,11-15,27H2,1H3,(H,28,33)(H,29,34)(H,30,32). The Bertz CT molecular complexity index is 821. The second kappa shape index (κ2) is 15.7. The van der Waals surface area contributed by atoms with Gasteiger partial charge in [0.2, 0.25) is 11.8 Å². The van der Waals surface area contributed by atoms with Crippen LogP contribution in [0.4, 0.5) is 13.2 Å². The number of nitrogens with two attached hydrogens (primary N) is 1. The summed E-state index contributed by atoms with van der Waals surface area (Å²) in [5, 5.41) is 6.84. The van der Waals surface area contributed by atoms with Gasteiger partial charge < -0.3 is 26.4 Å². The van der Waals surface area contributed by atoms with Crippen molar-refractivity contribution in [3.05, 3.63) is 35.9 Å². The number of amides is 3. The minimum absolute atomic E-state index is 0.0161. The number of esters is 1. The Morgan fingerprint density at radius 1 is 0.971 bits per heavy atom. The summed E-state index contributed by atoms with van der Waals surface area (Å²) in [4.78, 5) is 48.0. The van der Waals surface area contributed by atoms with Crippen molar-refractivity contribution in [2.45, 2.75) is 70.3 Å². The van der Waals surface area contributed by atoms with Gasteiger partial charge in [0.15, 0.2) is 0 Å². The number of nitrogens with one attached hydrogen (secondary N) is 3. The number of unbranched alkanes of at least 4 members (excludes halogenated alkanes) is 2. The van der Waals surface area contributed by atoms with E-state index in [9.17, 15) is 32.3 Å². The molecule has 0 spiro atoms. The van der Waals surface area contributed by atoms with Crippen molar-refractivity contribution in [2.24, 2.45) is 5.73 Å². The Morgan fingerprint density at radius 2 is 1.63 bits per heavy atom. The van der Waals surface area contributed by atoms with Crippen LogP contribution < -0.4 is 21.7 Å². The molecule has 3 amide bonds. The van der Waals surface area contributed by atoms with Gasteiger partial charge in [0.25, 0.3) is 0 Å². The largest absolute Gasteiger partial charge is 0.471 e. The SMILES string of the molecule is CCCCNC(=O)C(CC(=O)OCc1ccccc1)NC(=O)C(N)CCCCNC(=O)C(F)(F)F. The van der Waals surface area contributed by atoms with Gasteiger partial charge in [-0.2, -0.15) is 13.2 Å². The van der Waals surface area contributed by atoms with Gasteiger partial charge in [0.1, 0.15) is 12.6 Å². The fourth-order valence-corrected chi connectivity index (χ4v) is 2.89. The average Bonchev–Trinajstić information content (AvgIpc) is 2.81. The lowest BCUT2D eigenvalue weighted by Crippen LogP contribution is -2.52. The van der Waals surface area contributed by atoms with E-state index < -0.39 is 48.4 Å². The fourth-order valence-electron chi connectivity index (χ4n) is 2.89. The van der Waals surface area contributed by atoms with Gasteiger partial charge in [-0.15, -0.1) is 0 Å². The lowest BCUT2D eigenvalue weighted by molar-refractivity contribution is -0.173. The number of benzene rings is 1. The summed E-state index contributed by atoms with van der Waals surface area (Å²) in [5.74, 6) is -3.95. The third-order valence-corrected chi connectivity index (χ3v) is 4.90. The molecule has 0 aliphatic rings. The summed E-state index contributed by atoms with van der Waals surface area (Å²) in [7, 11) is 0. The highest BCUT2D eigenvalue weighted by molar-refractivity contribution is 5.92. The maximum absolute atomic E-state index is 12.5. The van der Waals surface area contributed by atoms with Crippen molar-refractivity contribution in [1.29, 1.82) is 0 Å². The molecule has 1 rings (SSSR count). The van der Waals surface area contributed by atoms with Crippen molar-refractivity contribution in [3.8, 4) is 0 Å². The summed E-state index contributed by atoms with van der Waals surface area (Å²) in [6, 6.07) is 6.70. The van der Waals surface area contributed by atoms with Gasteiger partial charge in [0.05, 0.1) is 12.5 Å². The van der Waals surface area contributed by atoms with Crippen LogP contribution in [0.2, 0.25) is 0 Å². The van der Waals surface area contributed by atoms with Crippen LogP contribution in [0.15, 0.2) is 30.3 Å². The van der Waals surface area contributed by atoms with Gasteiger partial charge in [-0.1, -0.05) is 43.7 Å². The van der Waals surface area contributed by atoms with Crippen LogP contribution in [0, 0.1) is 0 Å². The van der Waals surface area contributed by atoms with E-state index in [4.69, 9.17) is 10.5 Å². The smallest absolute Gasteiger partial charge is 0.461 e. The highest BCUT2D eigenvalue weighted by atomic mass is 19.4. The number of ether oxygens (including phenoxy) is 1. The minimum atomic E-state index is -4.95. The number of rotatable bonds is 15. The Balaban J connectivity index is 2.55. The highest BCUT2D eigenvalue weighted by Gasteiger charge is 2.38. The lowest BCUT2D eigenvalue weighted by Gasteiger charge is -2.20. The van der Waals surface area contributed by atoms with Crippen molar-refractivity contribution >= 4 is 23.7 Å². The van der Waals surface area contributed by atoms with E-state index in [1.165, 1.54) is 0 Å². The monoisotopic (exact) mass is 502 g/mol. The third-order valence-electron chi connectivity index (χ3n) is 4.90. The summed E-state index contributed by atoms with van der Waals surface area (Å²) < 4.78 is 41.7. The van der Waals surface area contributed by atoms with Gasteiger partial charge in [-0.3, -0.25) is 19.2 Å². The summed E-state index contributed by atoms with van der Waals surface area (Å²) in [6.45, 7) is 2.11. The molecular weight excluding hydrogens is 469 g/mol. The molecule has 0 fully saturated rings. The molecule has 196 valence electrons. The van der Waals surface area contributed by atoms with Crippen LogP contribution in [0.1, 0.15) is 51.0 Å². The lowest BCUT2D eigenvalue weighted by atomic mass is 10.1. The third kappa shape index (κ3) is 12.8. The molecule has 0 bridgehead atoms. The molecule has 0 aromatic heterocycles. The average molecular weight is 503 g/mol. The van der Waals surface area contributed by atoms with Crippen molar-refractivity contribution in [1.82, 2.24) is 16.0 Å². The Kier molecular flexibility index (Phi) is 13.4. The molecule has 1 aromatic rings. The summed E-state index contributed by atoms with van der Waals surface area (Å²) in [6.07, 6.45) is -3.25. The number of alkyl halides is 3. The molecule has 5 N–H and O–H groups in total. The van der Waals surface area contributed by atoms with Gasteiger partial charge >= 0.3 is 18.1 Å². The highest BCUT2D eigenvalue weighted by Crippen LogP contribution is 2.14. The number of hydrogen-bond donors (Lipinski definition) is 4. The molecule has 0 aliphatic carbocycles. The maximum atomic E-state index is 12.5. The molecule has 35 heavy (non-hydrogen) atoms. The van der Waals surface area contributed by atoms with Crippen molar-refractivity contribution < 1.29 is 37.1 Å². The van der Waals surface area contributed by atoms with Crippen LogP contribution in [0.25, 0.3) is 0 Å². The quantitative estimate of drug-likeness (QED) is 0.213. The zero-order chi connectivity index (χ0) is 26.3. The van der Waals surface area contributed by atoms with Crippen LogP contribution in [-0.4, -0.2) is 55.0 Å². The van der Waals surface area contributed by atoms with E-state index in [0.29, 0.717) is 6.54 Å². The molecule has 12 heteroatoms. The van der Waals surface area contributed by atoms with Crippen LogP contribution in [0.5, 0.6) is 0 Å². The van der Waals surface area contributed by atoms with E-state index >= 15 is 0 Å². The Morgan fingerprint density at radius 3 is 2.26 bits per heavy atom. The maximum Gasteiger partial charge on any atom is 0.471 e. The number of carbonyl (C=O) groups excluding carboxylic acids is 4. The molecule has 9 nitrogen and oxygen atoms in total. The normalized spacial score (nSPS) is 12.8. The molecule has 0 saturated heterocycles. The van der Waals surface area contributed by atoms with Gasteiger partial charge in [-0.25, -0.2) is 0 Å². The summed E-state index contributed by atoms with van der Waals surface area (Å²) >= 11 is 0. The van der Waals surface area contributed by atoms with Gasteiger partial charge in [0, 0.05) is 13.1 Å². The van der Waals surface area contributed by atoms with Crippen LogP contribution >= 0.6 is 0 Å². The first-order valence-corrected chi connectivity index (χ1v) is 11.4. The molecule has 1 aromatic carbocycles. The molecule has 2 atom stereocenters. The van der Waals surface area contributed by atoms with E-state index in [0.717, 1.165) is 18.4 Å². The topological polar surface area (TPSA) is 140 Å². The van der Waals surface area contributed by atoms with Gasteiger partial charge in [-0.05, 0) is 31.2 Å². The number of hydrogen-bond acceptors (Lipinski definition) is 6. The first-order chi connectivity index (χ1) is 16.5. The second-order valence-corrected chi connectivity index (χ2v) is 7.91. The number of carbonyl (C=O) groups is 4. The Hall–Kier alpha value is -3.15. The van der Waals surface area contributed by atoms with Crippen molar-refractivity contribution in [3.63, 3.8) is 0 Å². The van der Waals surface area contributed by atoms with E-state index in [2.05, 4.69) is 10.6 Å². The summed E-state index contributed by atoms with van der Waals surface area (Å²) in [5.41, 5.74) is 6.60. The number of halogens is 3. The molecule has 0 radical (unpaired) electrons. The zero-order valence-corrected chi connectivity index (χ0v) is 19.7. The Labute approximate surface area is 202 Å². The molecular formula is C23H33F3N4O5. The van der Waals surface area contributed by atoms with E-state index in [1.54, 1.807) is 29.6 Å². The minimum Gasteiger partial charge on any atom is -0.461 e. The predicted octanol–water partition coefficient (Wildman–Crippen LogP) is 1.70. The predicted molar refractivity (Wildman–Crippen MR) is 122 cm³/mol. The molecule has 0 heterocycles. The second-order valence-electron chi connectivity index (χ2n) is 7.91. The first-order valence-electron chi connectivity index (χ1n) is 11.4. The van der Waals surface area contributed by atoms with Crippen molar-refractivity contribution in [2.75, 3.05) is 13.1 Å². The first kappa shape index (κ1) is 29.9. The van der Waals surface area contributed by atoms with Crippen LogP contribution in [0.3, 0.4) is 0 Å². The van der Waals surface area contributed by atoms with E-state index in [-0.39, 0.29) is 32.4 Å². The fraction of sp³-hybridized carbons (Fsp3) is 0.565. The molecule has 2 unspecified atom stereocenters. The van der Waals surface area contributed by atoms with Crippen LogP contribution in [-0.2, 0) is 30.5 Å². The van der Waals surface area contributed by atoms with E-state index in [1.807, 2.05) is 13.0 Å².